The number of hydrogen-bond acceptors (Lipinski definition) is 9. The standard InChI is InChI=1S/C20H18N10O/c31-11-13-5-12(13)9-29-10-14(7-24-29)25-20-23-8-18-19(26-20)30(28-27-18)15-1-2-16-17(6-15)22-4-3-21-16/h1-4,6-8,10,12-13,31H,5,9,11H2,(H,23,25,26)/t12-,13-/m0/s1. The van der Waals surface area contributed by atoms with E-state index in [2.05, 4.69) is 40.7 Å². The molecule has 0 aliphatic heterocycles. The third kappa shape index (κ3) is 3.34. The monoisotopic (exact) mass is 414 g/mol. The number of rotatable bonds is 6. The van der Waals surface area contributed by atoms with Crippen LogP contribution in [-0.4, -0.2) is 56.4 Å². The molecule has 1 fully saturated rings. The van der Waals surface area contributed by atoms with Gasteiger partial charge in [-0.25, -0.2) is 4.98 Å². The molecule has 1 aliphatic rings. The molecule has 2 atom stereocenters. The minimum Gasteiger partial charge on any atom is -0.396 e. The zero-order valence-electron chi connectivity index (χ0n) is 16.4. The van der Waals surface area contributed by atoms with E-state index in [1.807, 2.05) is 29.1 Å². The maximum absolute atomic E-state index is 9.20. The van der Waals surface area contributed by atoms with E-state index in [0.717, 1.165) is 35.4 Å². The number of nitrogens with zero attached hydrogens (tertiary/aromatic N) is 9. The number of anilines is 2. The molecule has 154 valence electrons. The number of nitrogens with one attached hydrogen (secondary N) is 1. The second-order valence-electron chi connectivity index (χ2n) is 7.65. The molecular weight excluding hydrogens is 396 g/mol. The molecule has 0 radical (unpaired) electrons. The normalized spacial score (nSPS) is 18.0. The molecule has 5 aromatic rings. The van der Waals surface area contributed by atoms with Crippen LogP contribution in [0, 0.1) is 11.8 Å². The second-order valence-corrected chi connectivity index (χ2v) is 7.65. The Labute approximate surface area is 175 Å². The minimum atomic E-state index is 0.246. The fourth-order valence-corrected chi connectivity index (χ4v) is 3.70. The van der Waals surface area contributed by atoms with Crippen molar-refractivity contribution in [2.24, 2.45) is 11.8 Å². The van der Waals surface area contributed by atoms with Crippen molar-refractivity contribution in [1.29, 1.82) is 0 Å². The molecule has 4 aromatic heterocycles. The van der Waals surface area contributed by atoms with Gasteiger partial charge in [0.05, 0.1) is 34.8 Å². The van der Waals surface area contributed by atoms with Gasteiger partial charge in [-0.1, -0.05) is 5.21 Å². The third-order valence-corrected chi connectivity index (χ3v) is 5.50. The molecule has 0 spiro atoms. The summed E-state index contributed by atoms with van der Waals surface area (Å²) in [5.41, 5.74) is 4.32. The topological polar surface area (TPSA) is 132 Å². The Hall–Kier alpha value is -3.99. The summed E-state index contributed by atoms with van der Waals surface area (Å²) >= 11 is 0. The van der Waals surface area contributed by atoms with Crippen LogP contribution in [0.15, 0.2) is 49.2 Å². The predicted molar refractivity (Wildman–Crippen MR) is 112 cm³/mol. The van der Waals surface area contributed by atoms with Gasteiger partial charge in [0.15, 0.2) is 11.2 Å². The van der Waals surface area contributed by atoms with Crippen molar-refractivity contribution < 1.29 is 5.11 Å². The van der Waals surface area contributed by atoms with E-state index >= 15 is 0 Å². The van der Waals surface area contributed by atoms with Crippen LogP contribution >= 0.6 is 0 Å². The van der Waals surface area contributed by atoms with E-state index in [9.17, 15) is 5.11 Å². The Morgan fingerprint density at radius 2 is 1.94 bits per heavy atom. The van der Waals surface area contributed by atoms with E-state index in [1.165, 1.54) is 0 Å². The molecular formula is C20H18N10O. The van der Waals surface area contributed by atoms with Crippen molar-refractivity contribution in [1.82, 2.24) is 44.7 Å². The summed E-state index contributed by atoms with van der Waals surface area (Å²) < 4.78 is 3.53. The van der Waals surface area contributed by atoms with Gasteiger partial charge in [-0.2, -0.15) is 14.8 Å². The van der Waals surface area contributed by atoms with E-state index in [4.69, 9.17) is 0 Å². The zero-order valence-corrected chi connectivity index (χ0v) is 16.4. The molecule has 1 aliphatic carbocycles. The highest BCUT2D eigenvalue weighted by Crippen LogP contribution is 2.39. The largest absolute Gasteiger partial charge is 0.396 e. The lowest BCUT2D eigenvalue weighted by molar-refractivity contribution is 0.265. The molecule has 0 saturated heterocycles. The van der Waals surface area contributed by atoms with Crippen LogP contribution in [0.25, 0.3) is 27.9 Å². The summed E-state index contributed by atoms with van der Waals surface area (Å²) in [7, 11) is 0. The molecule has 0 amide bonds. The SMILES string of the molecule is OC[C@@H]1C[C@H]1Cn1cc(Nc2ncc3nnn(-c4ccc5nccnc5c4)c3n2)cn1. The maximum atomic E-state index is 9.20. The summed E-state index contributed by atoms with van der Waals surface area (Å²) in [6.07, 6.45) is 9.66. The van der Waals surface area contributed by atoms with Crippen LogP contribution in [0.3, 0.4) is 0 Å². The van der Waals surface area contributed by atoms with Crippen molar-refractivity contribution >= 4 is 33.8 Å². The Balaban J connectivity index is 1.27. The maximum Gasteiger partial charge on any atom is 0.229 e. The summed E-state index contributed by atoms with van der Waals surface area (Å²) in [5.74, 6) is 1.33. The number of aromatic nitrogens is 9. The molecule has 1 aromatic carbocycles. The molecule has 6 rings (SSSR count). The summed E-state index contributed by atoms with van der Waals surface area (Å²) in [5, 5.41) is 25.2. The Morgan fingerprint density at radius 1 is 1.03 bits per heavy atom. The number of fused-ring (bicyclic) bond motifs is 2. The van der Waals surface area contributed by atoms with Crippen molar-refractivity contribution in [3.63, 3.8) is 0 Å². The molecule has 11 heteroatoms. The molecule has 1 saturated carbocycles. The average molecular weight is 414 g/mol. The first-order valence-electron chi connectivity index (χ1n) is 9.97. The van der Waals surface area contributed by atoms with E-state index in [0.29, 0.717) is 28.9 Å². The van der Waals surface area contributed by atoms with Crippen molar-refractivity contribution in [2.75, 3.05) is 11.9 Å². The van der Waals surface area contributed by atoms with Gasteiger partial charge in [0.1, 0.15) is 0 Å². The Bertz CT molecular complexity index is 1390. The minimum absolute atomic E-state index is 0.246. The lowest BCUT2D eigenvalue weighted by Gasteiger charge is -2.05. The van der Waals surface area contributed by atoms with Crippen molar-refractivity contribution in [2.45, 2.75) is 13.0 Å². The number of benzene rings is 1. The van der Waals surface area contributed by atoms with E-state index in [1.54, 1.807) is 29.5 Å². The zero-order chi connectivity index (χ0) is 20.8. The molecule has 0 bridgehead atoms. The quantitative estimate of drug-likeness (QED) is 0.426. The first kappa shape index (κ1) is 17.8. The van der Waals surface area contributed by atoms with Crippen molar-refractivity contribution in [3.8, 4) is 5.69 Å². The van der Waals surface area contributed by atoms with Crippen LogP contribution in [-0.2, 0) is 6.54 Å². The second kappa shape index (κ2) is 7.06. The molecule has 11 nitrogen and oxygen atoms in total. The van der Waals surface area contributed by atoms with E-state index < -0.39 is 0 Å². The van der Waals surface area contributed by atoms with Gasteiger partial charge in [-0.05, 0) is 36.5 Å². The van der Waals surface area contributed by atoms with Gasteiger partial charge in [-0.15, -0.1) is 5.10 Å². The number of hydrogen-bond donors (Lipinski definition) is 2. The van der Waals surface area contributed by atoms with Crippen LogP contribution in [0.1, 0.15) is 6.42 Å². The summed E-state index contributed by atoms with van der Waals surface area (Å²) in [4.78, 5) is 17.6. The van der Waals surface area contributed by atoms with Crippen LogP contribution in [0.2, 0.25) is 0 Å². The Kier molecular flexibility index (Phi) is 4.06. The van der Waals surface area contributed by atoms with Crippen molar-refractivity contribution in [3.05, 3.63) is 49.2 Å². The smallest absolute Gasteiger partial charge is 0.229 e. The highest BCUT2D eigenvalue weighted by molar-refractivity contribution is 5.78. The van der Waals surface area contributed by atoms with E-state index in [-0.39, 0.29) is 6.61 Å². The predicted octanol–water partition coefficient (Wildman–Crippen LogP) is 1.72. The van der Waals surface area contributed by atoms with Gasteiger partial charge in [0, 0.05) is 31.7 Å². The van der Waals surface area contributed by atoms with Gasteiger partial charge >= 0.3 is 0 Å². The Morgan fingerprint density at radius 3 is 2.81 bits per heavy atom. The lowest BCUT2D eigenvalue weighted by atomic mass is 10.2. The molecule has 4 heterocycles. The molecule has 2 N–H and O–H groups in total. The molecule has 31 heavy (non-hydrogen) atoms. The first-order valence-corrected chi connectivity index (χ1v) is 9.97. The van der Waals surface area contributed by atoms with Crippen LogP contribution in [0.5, 0.6) is 0 Å². The van der Waals surface area contributed by atoms with Crippen LogP contribution < -0.4 is 5.32 Å². The third-order valence-electron chi connectivity index (χ3n) is 5.50. The summed E-state index contributed by atoms with van der Waals surface area (Å²) in [6, 6.07) is 5.69. The highest BCUT2D eigenvalue weighted by Gasteiger charge is 2.36. The highest BCUT2D eigenvalue weighted by atomic mass is 16.3. The number of aliphatic hydroxyl groups excluding tert-OH is 1. The van der Waals surface area contributed by atoms with Crippen LogP contribution in [0.4, 0.5) is 11.6 Å². The van der Waals surface area contributed by atoms with Gasteiger partial charge < -0.3 is 10.4 Å². The van der Waals surface area contributed by atoms with Gasteiger partial charge in [-0.3, -0.25) is 14.6 Å². The van der Waals surface area contributed by atoms with Gasteiger partial charge in [0.25, 0.3) is 0 Å². The fourth-order valence-electron chi connectivity index (χ4n) is 3.70. The molecule has 0 unspecified atom stereocenters. The fraction of sp³-hybridized carbons (Fsp3) is 0.250. The summed E-state index contributed by atoms with van der Waals surface area (Å²) in [6.45, 7) is 1.05. The average Bonchev–Trinajstić information content (AvgIpc) is 3.19. The first-order chi connectivity index (χ1) is 15.3. The van der Waals surface area contributed by atoms with Gasteiger partial charge in [0.2, 0.25) is 5.95 Å². The number of aliphatic hydroxyl groups is 1. The lowest BCUT2D eigenvalue weighted by Crippen LogP contribution is -2.03.